The van der Waals surface area contributed by atoms with E-state index < -0.39 is 7.93 Å². The zero-order valence-corrected chi connectivity index (χ0v) is 11.2. The second-order valence-electron chi connectivity index (χ2n) is 2.53. The summed E-state index contributed by atoms with van der Waals surface area (Å²) in [6.07, 6.45) is 0. The van der Waals surface area contributed by atoms with Crippen molar-refractivity contribution in [1.82, 2.24) is 0 Å². The lowest BCUT2D eigenvalue weighted by Crippen LogP contribution is -2.36. The highest BCUT2D eigenvalue weighted by atomic mass is 79.9. The second kappa shape index (κ2) is 3.98. The summed E-state index contributed by atoms with van der Waals surface area (Å²) in [5, 5.41) is 19.4. The van der Waals surface area contributed by atoms with Gasteiger partial charge in [-0.25, -0.2) is 0 Å². The number of halogens is 3. The molecule has 13 heavy (non-hydrogen) atoms. The van der Waals surface area contributed by atoms with Gasteiger partial charge in [0, 0.05) is 0 Å². The number of hydrogen-bond acceptors (Lipinski definition) is 2. The van der Waals surface area contributed by atoms with E-state index in [9.17, 15) is 10.2 Å². The summed E-state index contributed by atoms with van der Waals surface area (Å²) in [7, 11) is 0. The van der Waals surface area contributed by atoms with Crippen molar-refractivity contribution in [2.75, 3.05) is 0 Å². The van der Waals surface area contributed by atoms with Crippen LogP contribution in [0.4, 0.5) is 0 Å². The van der Waals surface area contributed by atoms with Crippen molar-refractivity contribution in [1.29, 1.82) is 0 Å². The van der Waals surface area contributed by atoms with E-state index in [0.717, 1.165) is 0 Å². The third-order valence-corrected chi connectivity index (χ3v) is 4.80. The maximum absolute atomic E-state index is 9.90. The molecule has 2 N–H and O–H groups in total. The molecule has 1 rings (SSSR count). The van der Waals surface area contributed by atoms with E-state index in [-0.39, 0.29) is 0 Å². The lowest BCUT2D eigenvalue weighted by molar-refractivity contribution is 0.0358. The molecule has 2 nitrogen and oxygen atoms in total. The molecule has 0 saturated heterocycles. The van der Waals surface area contributed by atoms with Gasteiger partial charge in [0.1, 0.15) is 0 Å². The molecule has 0 saturated carbocycles. The van der Waals surface area contributed by atoms with E-state index in [1.165, 1.54) is 0 Å². The lowest BCUT2D eigenvalue weighted by atomic mass is 10.1. The summed E-state index contributed by atoms with van der Waals surface area (Å²) in [5.41, 5.74) is 0.547. The molecule has 0 bridgehead atoms. The Bertz CT molecular complexity index is 279. The molecule has 0 amide bonds. The number of hydrogen-bond donors (Lipinski definition) is 2. The van der Waals surface area contributed by atoms with Gasteiger partial charge >= 0.3 is 0 Å². The Labute approximate surface area is 101 Å². The van der Waals surface area contributed by atoms with Crippen molar-refractivity contribution >= 4 is 47.8 Å². The summed E-state index contributed by atoms with van der Waals surface area (Å²) in [5.74, 6) is 0. The van der Waals surface area contributed by atoms with Gasteiger partial charge in [0.25, 0.3) is 0 Å². The molecular weight excluding hydrogens is 368 g/mol. The Morgan fingerprint density at radius 2 is 1.38 bits per heavy atom. The van der Waals surface area contributed by atoms with Gasteiger partial charge in [0.15, 0.2) is 4.51 Å². The maximum atomic E-state index is 9.90. The van der Waals surface area contributed by atoms with Crippen LogP contribution in [-0.4, -0.2) is 13.6 Å². The fourth-order valence-electron chi connectivity index (χ4n) is 0.833. The van der Waals surface area contributed by atoms with Crippen LogP contribution in [0.2, 0.25) is 0 Å². The van der Waals surface area contributed by atoms with Gasteiger partial charge in [-0.1, -0.05) is 30.3 Å². The smallest absolute Gasteiger partial charge is 0.218 e. The first-order valence-corrected chi connectivity index (χ1v) is 5.80. The highest BCUT2D eigenvalue weighted by Gasteiger charge is 2.45. The summed E-state index contributed by atoms with van der Waals surface area (Å²) in [4.78, 5) is 0. The van der Waals surface area contributed by atoms with Crippen LogP contribution in [0.1, 0.15) is 5.56 Å². The topological polar surface area (TPSA) is 40.5 Å². The minimum absolute atomic E-state index is 0.547. The van der Waals surface area contributed by atoms with Gasteiger partial charge in [0.05, 0.1) is 0 Å². The SMILES string of the molecule is OC(Br)(Br)C(O)(Br)c1ccccc1. The number of rotatable bonds is 2. The van der Waals surface area contributed by atoms with Gasteiger partial charge in [-0.05, 0) is 53.4 Å². The molecule has 1 aromatic rings. The first kappa shape index (κ1) is 11.7. The molecule has 0 aromatic heterocycles. The van der Waals surface area contributed by atoms with Crippen molar-refractivity contribution in [3.63, 3.8) is 0 Å². The molecule has 0 aliphatic rings. The van der Waals surface area contributed by atoms with Gasteiger partial charge in [-0.3, -0.25) is 0 Å². The van der Waals surface area contributed by atoms with Crippen molar-refractivity contribution in [2.45, 2.75) is 7.93 Å². The Kier molecular flexibility index (Phi) is 3.57. The third kappa shape index (κ3) is 2.53. The van der Waals surface area contributed by atoms with E-state index in [1.807, 2.05) is 6.07 Å². The summed E-state index contributed by atoms with van der Waals surface area (Å²) in [6, 6.07) is 8.76. The van der Waals surface area contributed by atoms with Crippen LogP contribution >= 0.6 is 47.8 Å². The molecule has 1 unspecified atom stereocenters. The largest absolute Gasteiger partial charge is 0.371 e. The minimum Gasteiger partial charge on any atom is -0.371 e. The molecule has 0 spiro atoms. The monoisotopic (exact) mass is 372 g/mol. The second-order valence-corrected chi connectivity index (χ2v) is 7.04. The molecular formula is C8H7Br3O2. The Morgan fingerprint density at radius 3 is 1.77 bits per heavy atom. The summed E-state index contributed by atoms with van der Waals surface area (Å²) < 4.78 is -3.17. The van der Waals surface area contributed by atoms with Crippen LogP contribution in [0.15, 0.2) is 30.3 Å². The number of aliphatic hydroxyl groups is 2. The highest BCUT2D eigenvalue weighted by molar-refractivity contribution is 9.26. The van der Waals surface area contributed by atoms with Crippen molar-refractivity contribution in [3.05, 3.63) is 35.9 Å². The zero-order chi connectivity index (χ0) is 10.1. The average Bonchev–Trinajstić information content (AvgIpc) is 2.04. The van der Waals surface area contributed by atoms with E-state index in [0.29, 0.717) is 5.56 Å². The molecule has 0 fully saturated rings. The van der Waals surface area contributed by atoms with E-state index >= 15 is 0 Å². The normalized spacial score (nSPS) is 16.7. The summed E-state index contributed by atoms with van der Waals surface area (Å²) >= 11 is 8.85. The van der Waals surface area contributed by atoms with Crippen LogP contribution in [0.3, 0.4) is 0 Å². The minimum atomic E-state index is -1.60. The van der Waals surface area contributed by atoms with Crippen molar-refractivity contribution in [2.24, 2.45) is 0 Å². The number of benzene rings is 1. The fourth-order valence-corrected chi connectivity index (χ4v) is 1.55. The fraction of sp³-hybridized carbons (Fsp3) is 0.250. The zero-order valence-electron chi connectivity index (χ0n) is 6.42. The molecule has 1 aromatic carbocycles. The standard InChI is InChI=1S/C8H7Br3O2/c9-7(12,8(10,11)13)6-4-2-1-3-5-6/h1-5,12-13H. The van der Waals surface area contributed by atoms with Crippen LogP contribution in [0.25, 0.3) is 0 Å². The first-order valence-electron chi connectivity index (χ1n) is 3.42. The maximum Gasteiger partial charge on any atom is 0.218 e. The van der Waals surface area contributed by atoms with Crippen LogP contribution in [0, 0.1) is 0 Å². The van der Waals surface area contributed by atoms with Gasteiger partial charge in [0.2, 0.25) is 3.42 Å². The first-order chi connectivity index (χ1) is 5.86. The van der Waals surface area contributed by atoms with Crippen molar-refractivity contribution in [3.8, 4) is 0 Å². The number of alkyl halides is 3. The lowest BCUT2D eigenvalue weighted by Gasteiger charge is -2.30. The Balaban J connectivity index is 3.08. The molecule has 0 aliphatic carbocycles. The molecule has 1 atom stereocenters. The quantitative estimate of drug-likeness (QED) is 0.781. The van der Waals surface area contributed by atoms with Crippen molar-refractivity contribution < 1.29 is 10.2 Å². The Hall–Kier alpha value is 0.580. The van der Waals surface area contributed by atoms with Crippen LogP contribution in [0.5, 0.6) is 0 Å². The van der Waals surface area contributed by atoms with Crippen LogP contribution in [-0.2, 0) is 4.51 Å². The van der Waals surface area contributed by atoms with Gasteiger partial charge in [-0.2, -0.15) is 0 Å². The molecule has 0 radical (unpaired) electrons. The van der Waals surface area contributed by atoms with E-state index in [4.69, 9.17) is 0 Å². The van der Waals surface area contributed by atoms with E-state index in [1.54, 1.807) is 24.3 Å². The van der Waals surface area contributed by atoms with Gasteiger partial charge in [-0.15, -0.1) is 0 Å². The van der Waals surface area contributed by atoms with E-state index in [2.05, 4.69) is 47.8 Å². The summed E-state index contributed by atoms with van der Waals surface area (Å²) in [6.45, 7) is 0. The molecule has 0 heterocycles. The van der Waals surface area contributed by atoms with Gasteiger partial charge < -0.3 is 10.2 Å². The van der Waals surface area contributed by atoms with Crippen LogP contribution < -0.4 is 0 Å². The molecule has 0 aliphatic heterocycles. The molecule has 5 heteroatoms. The highest BCUT2D eigenvalue weighted by Crippen LogP contribution is 2.46. The molecule has 72 valence electrons. The predicted molar refractivity (Wildman–Crippen MR) is 62.1 cm³/mol. The predicted octanol–water partition coefficient (Wildman–Crippen LogP) is 2.66. The Morgan fingerprint density at radius 1 is 0.923 bits per heavy atom. The average molecular weight is 375 g/mol. The third-order valence-electron chi connectivity index (χ3n) is 1.55.